The van der Waals surface area contributed by atoms with Crippen molar-refractivity contribution >= 4 is 64.1 Å². The topological polar surface area (TPSA) is 167 Å². The van der Waals surface area contributed by atoms with Crippen LogP contribution < -0.4 is 31.3 Å². The maximum Gasteiger partial charge on any atom is 0.255 e. The Labute approximate surface area is 416 Å². The number of anilines is 2. The minimum atomic E-state index is -0.927. The van der Waals surface area contributed by atoms with Gasteiger partial charge in [0.15, 0.2) is 0 Å². The Hall–Kier alpha value is -6.24. The van der Waals surface area contributed by atoms with E-state index >= 15 is 4.39 Å². The number of carbonyl (C=O) groups is 5. The monoisotopic (exact) mass is 988 g/mol. The minimum absolute atomic E-state index is 0.0414. The zero-order valence-corrected chi connectivity index (χ0v) is 41.3. The summed E-state index contributed by atoms with van der Waals surface area (Å²) in [6.45, 7) is 11.3. The highest BCUT2D eigenvalue weighted by atomic mass is 35.5. The summed E-state index contributed by atoms with van der Waals surface area (Å²) in [6, 6.07) is 18.7. The van der Waals surface area contributed by atoms with Gasteiger partial charge >= 0.3 is 0 Å². The molecule has 5 atom stereocenters. The molecule has 4 aromatic carbocycles. The second-order valence-corrected chi connectivity index (χ2v) is 21.4. The lowest BCUT2D eigenvalue weighted by molar-refractivity contribution is -0.137. The molecule has 9 rings (SSSR count). The smallest absolute Gasteiger partial charge is 0.255 e. The summed E-state index contributed by atoms with van der Waals surface area (Å²) >= 11 is 12.9. The molecule has 0 saturated carbocycles. The molecule has 2 saturated heterocycles. The maximum absolute atomic E-state index is 16.4. The van der Waals surface area contributed by atoms with Crippen LogP contribution in [0.2, 0.25) is 10.0 Å². The zero-order valence-electron chi connectivity index (χ0n) is 39.8. The van der Waals surface area contributed by atoms with Crippen molar-refractivity contribution in [2.24, 2.45) is 5.41 Å². The second-order valence-electron chi connectivity index (χ2n) is 20.5. The molecule has 364 valence electrons. The normalized spacial score (nSPS) is 23.6. The summed E-state index contributed by atoms with van der Waals surface area (Å²) in [5, 5.41) is 16.1. The molecule has 0 aromatic heterocycles. The summed E-state index contributed by atoms with van der Waals surface area (Å²) < 4.78 is 28.3. The molecule has 13 nitrogen and oxygen atoms in total. The summed E-state index contributed by atoms with van der Waals surface area (Å²) in [6.07, 6.45) is 1.56. The molecule has 5 N–H and O–H groups in total. The number of nitrogens with zero attached hydrogens (tertiary/aromatic N) is 1. The first-order valence-electron chi connectivity index (χ1n) is 23.4. The van der Waals surface area contributed by atoms with Gasteiger partial charge in [-0.15, -0.1) is 0 Å². The van der Waals surface area contributed by atoms with Gasteiger partial charge < -0.3 is 35.6 Å². The van der Waals surface area contributed by atoms with Gasteiger partial charge in [-0.25, -0.2) is 4.39 Å². The number of amides is 5. The number of rotatable bonds is 9. The van der Waals surface area contributed by atoms with E-state index in [2.05, 4.69) is 59.2 Å². The molecular weight excluding hydrogens is 935 g/mol. The highest BCUT2D eigenvalue weighted by Gasteiger charge is 2.61. The van der Waals surface area contributed by atoms with Gasteiger partial charge in [0.25, 0.3) is 11.8 Å². The van der Waals surface area contributed by atoms with Gasteiger partial charge in [-0.1, -0.05) is 80.1 Å². The van der Waals surface area contributed by atoms with Crippen molar-refractivity contribution in [3.8, 4) is 17.6 Å². The summed E-state index contributed by atoms with van der Waals surface area (Å²) in [5.74, 6) is 3.53. The predicted octanol–water partition coefficient (Wildman–Crippen LogP) is 8.04. The lowest BCUT2D eigenvalue weighted by Gasteiger charge is -2.39. The van der Waals surface area contributed by atoms with E-state index < -0.39 is 46.6 Å². The van der Waals surface area contributed by atoms with E-state index in [4.69, 9.17) is 32.7 Å². The van der Waals surface area contributed by atoms with Crippen molar-refractivity contribution in [1.82, 2.24) is 20.9 Å². The van der Waals surface area contributed by atoms with E-state index in [0.29, 0.717) is 57.9 Å². The number of carbonyl (C=O) groups excluding carboxylic acids is 5. The van der Waals surface area contributed by atoms with Crippen LogP contribution in [0.1, 0.15) is 109 Å². The molecule has 5 aliphatic heterocycles. The number of halogens is 3. The molecule has 70 heavy (non-hydrogen) atoms. The minimum Gasteiger partial charge on any atom is -0.495 e. The van der Waals surface area contributed by atoms with Gasteiger partial charge in [-0.3, -0.25) is 29.3 Å². The third-order valence-corrected chi connectivity index (χ3v) is 14.7. The molecule has 1 spiro atoms. The molecule has 0 bridgehead atoms. The van der Waals surface area contributed by atoms with Crippen molar-refractivity contribution in [3.05, 3.63) is 133 Å². The van der Waals surface area contributed by atoms with Crippen molar-refractivity contribution < 1.29 is 37.8 Å². The Morgan fingerprint density at radius 1 is 1.01 bits per heavy atom. The maximum atomic E-state index is 16.4. The van der Waals surface area contributed by atoms with Crippen LogP contribution in [0.15, 0.2) is 83.9 Å². The molecule has 2 fully saturated rings. The molecule has 4 aromatic rings. The van der Waals surface area contributed by atoms with Crippen LogP contribution in [0, 0.1) is 23.1 Å². The Bertz CT molecular complexity index is 2960. The highest BCUT2D eigenvalue weighted by molar-refractivity contribution is 6.31. The van der Waals surface area contributed by atoms with Gasteiger partial charge in [0.1, 0.15) is 17.6 Å². The van der Waals surface area contributed by atoms with Gasteiger partial charge in [0.2, 0.25) is 17.7 Å². The van der Waals surface area contributed by atoms with E-state index in [1.807, 2.05) is 38.1 Å². The number of imide groups is 1. The lowest BCUT2D eigenvalue weighted by Crippen LogP contribution is -2.52. The number of fused-ring (bicyclic) bond motifs is 3. The van der Waals surface area contributed by atoms with Gasteiger partial charge in [-0.05, 0) is 109 Å². The number of benzene rings is 4. The quantitative estimate of drug-likeness (QED) is 0.0824. The second kappa shape index (κ2) is 18.8. The fourth-order valence-electron chi connectivity index (χ4n) is 10.9. The van der Waals surface area contributed by atoms with Crippen LogP contribution in [0.5, 0.6) is 5.75 Å². The van der Waals surface area contributed by atoms with Crippen LogP contribution in [-0.4, -0.2) is 85.0 Å². The number of piperidine rings is 1. The summed E-state index contributed by atoms with van der Waals surface area (Å²) in [5.41, 5.74) is 4.57. The zero-order chi connectivity index (χ0) is 49.9. The van der Waals surface area contributed by atoms with Crippen LogP contribution in [0.25, 0.3) is 0 Å². The molecule has 1 unspecified atom stereocenters. The molecule has 5 amide bonds. The molecule has 0 radical (unpaired) electrons. The van der Waals surface area contributed by atoms with Crippen molar-refractivity contribution in [2.75, 3.05) is 37.4 Å². The average molecular weight is 990 g/mol. The van der Waals surface area contributed by atoms with Crippen LogP contribution in [0.3, 0.4) is 0 Å². The third kappa shape index (κ3) is 9.28. The standard InChI is InChI=1S/C54H55Cl2FN6O7/c1-52(2,3)24-43-54(28-59-40-22-33(55)16-17-37(40)54)45(35-11-8-12-38(56)46(35)57)47(61-43)50(67)60-39-18-15-30(21-42(39)69-6)48(65)58-25-32-23-53(4,5)70-27-31(32)14-13-29-9-7-10-34-36(29)26-63(51(34)68)41-19-20-44(64)62-49(41)66/h7-12,15-18,21-22,41,43,45,47,59,61H,19-20,23-28H2,1-6H3,(H,58,65)(H,60,67)(H,62,64,66)/t41?,43-,45-,47+,54-/m0/s1. The van der Waals surface area contributed by atoms with Crippen LogP contribution in [0.4, 0.5) is 15.8 Å². The van der Waals surface area contributed by atoms with E-state index in [0.717, 1.165) is 16.8 Å². The Balaban J connectivity index is 0.950. The number of hydrogen-bond acceptors (Lipinski definition) is 9. The van der Waals surface area contributed by atoms with Gasteiger partial charge in [0, 0.05) is 76.4 Å². The van der Waals surface area contributed by atoms with Gasteiger partial charge in [0.05, 0.1) is 36.1 Å². The highest BCUT2D eigenvalue weighted by Crippen LogP contribution is 2.57. The number of nitrogens with one attached hydrogen (secondary N) is 5. The van der Waals surface area contributed by atoms with Gasteiger partial charge in [-0.2, -0.15) is 0 Å². The molecule has 5 aliphatic rings. The van der Waals surface area contributed by atoms with E-state index in [9.17, 15) is 24.0 Å². The SMILES string of the molecule is COc1cc(C(=O)NCC2=C(C#Cc3cccc4c3CN(C3CCC(=O)NC3=O)C4=O)COC(C)(C)C2)ccc1NC(=O)[C@@H]1N[C@@H](CC(C)(C)C)[C@@]2(CNc3cc(Cl)ccc32)[C@H]1c1cccc(Cl)c1F. The van der Waals surface area contributed by atoms with Crippen LogP contribution >= 0.6 is 23.2 Å². The number of hydrogen-bond donors (Lipinski definition) is 5. The molecular formula is C54H55Cl2FN6O7. The first-order chi connectivity index (χ1) is 33.3. The van der Waals surface area contributed by atoms with Crippen molar-refractivity contribution in [2.45, 2.75) is 102 Å². The Kier molecular flexibility index (Phi) is 13.1. The lowest BCUT2D eigenvalue weighted by atomic mass is 9.63. The van der Waals surface area contributed by atoms with E-state index in [1.54, 1.807) is 42.5 Å². The number of ether oxygens (including phenoxy) is 2. The average Bonchev–Trinajstić information content (AvgIpc) is 3.96. The summed E-state index contributed by atoms with van der Waals surface area (Å²) in [7, 11) is 1.45. The predicted molar refractivity (Wildman–Crippen MR) is 266 cm³/mol. The molecule has 16 heteroatoms. The van der Waals surface area contributed by atoms with E-state index in [1.165, 1.54) is 18.1 Å². The van der Waals surface area contributed by atoms with Crippen molar-refractivity contribution in [3.63, 3.8) is 0 Å². The van der Waals surface area contributed by atoms with Crippen LogP contribution in [-0.2, 0) is 31.1 Å². The first kappa shape index (κ1) is 48.8. The summed E-state index contributed by atoms with van der Waals surface area (Å²) in [4.78, 5) is 68.1. The number of methoxy groups -OCH3 is 1. The Morgan fingerprint density at radius 2 is 1.80 bits per heavy atom. The molecule has 0 aliphatic carbocycles. The van der Waals surface area contributed by atoms with Crippen molar-refractivity contribution in [1.29, 1.82) is 0 Å². The first-order valence-corrected chi connectivity index (χ1v) is 24.2. The molecule has 5 heterocycles. The Morgan fingerprint density at radius 3 is 2.56 bits per heavy atom. The fraction of sp³-hybridized carbons (Fsp3) is 0.389. The third-order valence-electron chi connectivity index (χ3n) is 14.1. The fourth-order valence-corrected chi connectivity index (χ4v) is 11.2. The largest absolute Gasteiger partial charge is 0.495 e. The van der Waals surface area contributed by atoms with E-state index in [-0.39, 0.29) is 78.1 Å².